The standard InChI is InChI=1S/C15H22N2O/c1-5-16-12-7-6-11(8-10(12)2)14(18)17-13-9-15(13,3)4/h6-8,13,16H,5,9H2,1-4H3,(H,17,18). The molecule has 1 atom stereocenters. The largest absolute Gasteiger partial charge is 0.385 e. The van der Waals surface area contributed by atoms with Crippen molar-refractivity contribution in [3.63, 3.8) is 0 Å². The van der Waals surface area contributed by atoms with E-state index in [0.29, 0.717) is 6.04 Å². The van der Waals surface area contributed by atoms with Gasteiger partial charge < -0.3 is 10.6 Å². The Bertz CT molecular complexity index is 466. The summed E-state index contributed by atoms with van der Waals surface area (Å²) in [5, 5.41) is 6.36. The molecule has 0 aliphatic heterocycles. The first kappa shape index (κ1) is 12.9. The van der Waals surface area contributed by atoms with Crippen LogP contribution in [0.1, 0.15) is 43.1 Å². The second-order valence-corrected chi connectivity index (χ2v) is 5.78. The predicted molar refractivity (Wildman–Crippen MR) is 75.0 cm³/mol. The van der Waals surface area contributed by atoms with Crippen molar-refractivity contribution in [3.8, 4) is 0 Å². The van der Waals surface area contributed by atoms with Gasteiger partial charge in [0.15, 0.2) is 0 Å². The molecule has 98 valence electrons. The van der Waals surface area contributed by atoms with Crippen LogP contribution >= 0.6 is 0 Å². The first-order chi connectivity index (χ1) is 8.44. The summed E-state index contributed by atoms with van der Waals surface area (Å²) in [4.78, 5) is 12.1. The fourth-order valence-corrected chi connectivity index (χ4v) is 2.15. The quantitative estimate of drug-likeness (QED) is 0.857. The molecule has 1 aliphatic carbocycles. The lowest BCUT2D eigenvalue weighted by molar-refractivity contribution is 0.0946. The molecule has 18 heavy (non-hydrogen) atoms. The maximum absolute atomic E-state index is 12.1. The number of benzene rings is 1. The number of hydrogen-bond donors (Lipinski definition) is 2. The van der Waals surface area contributed by atoms with Gasteiger partial charge >= 0.3 is 0 Å². The van der Waals surface area contributed by atoms with E-state index in [9.17, 15) is 4.79 Å². The van der Waals surface area contributed by atoms with Crippen LogP contribution < -0.4 is 10.6 Å². The lowest BCUT2D eigenvalue weighted by atomic mass is 10.1. The van der Waals surface area contributed by atoms with Gasteiger partial charge in [0.2, 0.25) is 0 Å². The van der Waals surface area contributed by atoms with E-state index in [1.807, 2.05) is 25.1 Å². The molecule has 0 radical (unpaired) electrons. The highest BCUT2D eigenvalue weighted by Gasteiger charge is 2.46. The van der Waals surface area contributed by atoms with E-state index in [4.69, 9.17) is 0 Å². The van der Waals surface area contributed by atoms with Crippen molar-refractivity contribution in [2.75, 3.05) is 11.9 Å². The molecule has 1 aromatic rings. The SMILES string of the molecule is CCNc1ccc(C(=O)NC2CC2(C)C)cc1C. The van der Waals surface area contributed by atoms with Crippen molar-refractivity contribution < 1.29 is 4.79 Å². The molecule has 3 heteroatoms. The summed E-state index contributed by atoms with van der Waals surface area (Å²) in [6.07, 6.45) is 1.08. The van der Waals surface area contributed by atoms with Crippen LogP contribution in [-0.2, 0) is 0 Å². The number of amides is 1. The van der Waals surface area contributed by atoms with E-state index in [-0.39, 0.29) is 11.3 Å². The number of nitrogens with one attached hydrogen (secondary N) is 2. The summed E-state index contributed by atoms with van der Waals surface area (Å²) in [6.45, 7) is 9.34. The zero-order valence-corrected chi connectivity index (χ0v) is 11.6. The van der Waals surface area contributed by atoms with E-state index >= 15 is 0 Å². The fraction of sp³-hybridized carbons (Fsp3) is 0.533. The topological polar surface area (TPSA) is 41.1 Å². The molecule has 0 bridgehead atoms. The normalized spacial score (nSPS) is 20.3. The molecule has 0 spiro atoms. The minimum atomic E-state index is 0.0386. The molecule has 1 aliphatic rings. The smallest absolute Gasteiger partial charge is 0.251 e. The molecule has 1 aromatic carbocycles. The van der Waals surface area contributed by atoms with Gasteiger partial charge in [-0.3, -0.25) is 4.79 Å². The van der Waals surface area contributed by atoms with Crippen LogP contribution in [0.3, 0.4) is 0 Å². The summed E-state index contributed by atoms with van der Waals surface area (Å²) < 4.78 is 0. The highest BCUT2D eigenvalue weighted by atomic mass is 16.1. The maximum Gasteiger partial charge on any atom is 0.251 e. The summed E-state index contributed by atoms with van der Waals surface area (Å²) in [7, 11) is 0. The molecule has 1 amide bonds. The van der Waals surface area contributed by atoms with Crippen LogP contribution in [0.15, 0.2) is 18.2 Å². The Morgan fingerprint density at radius 1 is 1.44 bits per heavy atom. The molecule has 1 unspecified atom stereocenters. The summed E-state index contributed by atoms with van der Waals surface area (Å²) >= 11 is 0. The van der Waals surface area contributed by atoms with Gasteiger partial charge in [-0.15, -0.1) is 0 Å². The highest BCUT2D eigenvalue weighted by molar-refractivity contribution is 5.95. The Hall–Kier alpha value is -1.51. The second kappa shape index (κ2) is 4.63. The number of aryl methyl sites for hydroxylation is 1. The Kier molecular flexibility index (Phi) is 3.33. The number of hydrogen-bond acceptors (Lipinski definition) is 2. The Morgan fingerprint density at radius 3 is 2.61 bits per heavy atom. The number of rotatable bonds is 4. The van der Waals surface area contributed by atoms with E-state index in [0.717, 1.165) is 29.8 Å². The maximum atomic E-state index is 12.1. The lowest BCUT2D eigenvalue weighted by Gasteiger charge is -2.10. The van der Waals surface area contributed by atoms with Crippen molar-refractivity contribution in [1.29, 1.82) is 0 Å². The van der Waals surface area contributed by atoms with Gasteiger partial charge in [-0.05, 0) is 49.4 Å². The molecule has 0 heterocycles. The average Bonchev–Trinajstić information content (AvgIpc) is 2.89. The zero-order valence-electron chi connectivity index (χ0n) is 11.6. The highest BCUT2D eigenvalue weighted by Crippen LogP contribution is 2.44. The minimum absolute atomic E-state index is 0.0386. The van der Waals surface area contributed by atoms with E-state index < -0.39 is 0 Å². The third-order valence-corrected chi connectivity index (χ3v) is 3.67. The Balaban J connectivity index is 2.05. The molecule has 0 aromatic heterocycles. The molecule has 1 fully saturated rings. The monoisotopic (exact) mass is 246 g/mol. The van der Waals surface area contributed by atoms with Crippen LogP contribution in [0.4, 0.5) is 5.69 Å². The van der Waals surface area contributed by atoms with Crippen LogP contribution in [0, 0.1) is 12.3 Å². The van der Waals surface area contributed by atoms with Gasteiger partial charge in [-0.1, -0.05) is 13.8 Å². The number of anilines is 1. The molecule has 1 saturated carbocycles. The minimum Gasteiger partial charge on any atom is -0.385 e. The zero-order chi connectivity index (χ0) is 13.3. The average molecular weight is 246 g/mol. The van der Waals surface area contributed by atoms with Gasteiger partial charge in [-0.25, -0.2) is 0 Å². The Labute approximate surface area is 109 Å². The fourth-order valence-electron chi connectivity index (χ4n) is 2.15. The summed E-state index contributed by atoms with van der Waals surface area (Å²) in [5.41, 5.74) is 3.23. The van der Waals surface area contributed by atoms with Gasteiger partial charge in [-0.2, -0.15) is 0 Å². The van der Waals surface area contributed by atoms with Crippen LogP contribution in [0.2, 0.25) is 0 Å². The molecule has 3 nitrogen and oxygen atoms in total. The molecular weight excluding hydrogens is 224 g/mol. The van der Waals surface area contributed by atoms with E-state index in [1.165, 1.54) is 0 Å². The van der Waals surface area contributed by atoms with Crippen molar-refractivity contribution >= 4 is 11.6 Å². The van der Waals surface area contributed by atoms with E-state index in [1.54, 1.807) is 0 Å². The van der Waals surface area contributed by atoms with Crippen molar-refractivity contribution in [2.24, 2.45) is 5.41 Å². The number of carbonyl (C=O) groups excluding carboxylic acids is 1. The van der Waals surface area contributed by atoms with Crippen molar-refractivity contribution in [3.05, 3.63) is 29.3 Å². The van der Waals surface area contributed by atoms with Crippen LogP contribution in [0.5, 0.6) is 0 Å². The predicted octanol–water partition coefficient (Wildman–Crippen LogP) is 2.96. The molecule has 2 N–H and O–H groups in total. The molecule has 0 saturated heterocycles. The van der Waals surface area contributed by atoms with Gasteiger partial charge in [0, 0.05) is 23.8 Å². The van der Waals surface area contributed by atoms with E-state index in [2.05, 4.69) is 31.4 Å². The van der Waals surface area contributed by atoms with Crippen molar-refractivity contribution in [1.82, 2.24) is 5.32 Å². The number of carbonyl (C=O) groups is 1. The van der Waals surface area contributed by atoms with Crippen LogP contribution in [-0.4, -0.2) is 18.5 Å². The molecular formula is C15H22N2O. The summed E-state index contributed by atoms with van der Waals surface area (Å²) in [6, 6.07) is 6.14. The summed E-state index contributed by atoms with van der Waals surface area (Å²) in [5.74, 6) is 0.0386. The molecule has 2 rings (SSSR count). The second-order valence-electron chi connectivity index (χ2n) is 5.78. The third kappa shape index (κ3) is 2.66. The Morgan fingerprint density at radius 2 is 2.11 bits per heavy atom. The lowest BCUT2D eigenvalue weighted by Crippen LogP contribution is -2.28. The van der Waals surface area contributed by atoms with Gasteiger partial charge in [0.25, 0.3) is 5.91 Å². The first-order valence-corrected chi connectivity index (χ1v) is 6.59. The van der Waals surface area contributed by atoms with Crippen molar-refractivity contribution in [2.45, 2.75) is 40.2 Å². The van der Waals surface area contributed by atoms with Crippen LogP contribution in [0.25, 0.3) is 0 Å². The van der Waals surface area contributed by atoms with Gasteiger partial charge in [0.1, 0.15) is 0 Å². The first-order valence-electron chi connectivity index (χ1n) is 6.59. The van der Waals surface area contributed by atoms with Gasteiger partial charge in [0.05, 0.1) is 0 Å². The third-order valence-electron chi connectivity index (χ3n) is 3.67.